The first-order chi connectivity index (χ1) is 17.0. The number of nitrogens with one attached hydrogen (secondary N) is 2. The topological polar surface area (TPSA) is 105 Å². The third kappa shape index (κ3) is 3.49. The van der Waals surface area contributed by atoms with E-state index in [9.17, 15) is 9.90 Å². The Morgan fingerprint density at radius 2 is 1.71 bits per heavy atom. The van der Waals surface area contributed by atoms with Gasteiger partial charge in [0.25, 0.3) is 0 Å². The highest BCUT2D eigenvalue weighted by molar-refractivity contribution is 5.91. The zero-order valence-electron chi connectivity index (χ0n) is 19.6. The highest BCUT2D eigenvalue weighted by Crippen LogP contribution is 2.59. The van der Waals surface area contributed by atoms with Gasteiger partial charge in [0, 0.05) is 28.9 Å². The number of hydrogen-bond donors (Lipinski definition) is 3. The summed E-state index contributed by atoms with van der Waals surface area (Å²) in [6.45, 7) is 3.74. The van der Waals surface area contributed by atoms with Gasteiger partial charge in [0.15, 0.2) is 0 Å². The standard InChI is InChI=1S/C27H26N6O2/c1-16-22(18-14-28-17(2)29-15-18)32-33(19-8-4-3-5-9-19)25(16)31-26(35)30-23-20-10-6-7-11-21(20)27(12-13-27)24(23)34/h3-11,14-15,23-24,34H,12-13H2,1-2H3,(H2,30,31,35)/t23?,24-/m1/s1. The predicted molar refractivity (Wildman–Crippen MR) is 132 cm³/mol. The van der Waals surface area contributed by atoms with Gasteiger partial charge in [-0.15, -0.1) is 0 Å². The molecule has 0 bridgehead atoms. The van der Waals surface area contributed by atoms with Crippen LogP contribution in [0, 0.1) is 13.8 Å². The number of fused-ring (bicyclic) bond motifs is 2. The number of nitrogens with zero attached hydrogens (tertiary/aromatic N) is 4. The summed E-state index contributed by atoms with van der Waals surface area (Å²) >= 11 is 0. The van der Waals surface area contributed by atoms with Crippen LogP contribution in [-0.2, 0) is 5.41 Å². The van der Waals surface area contributed by atoms with E-state index in [1.165, 1.54) is 0 Å². The second-order valence-corrected chi connectivity index (χ2v) is 9.35. The number of carbonyl (C=O) groups excluding carboxylic acids is 1. The minimum absolute atomic E-state index is 0.227. The summed E-state index contributed by atoms with van der Waals surface area (Å²) in [4.78, 5) is 21.9. The fourth-order valence-electron chi connectivity index (χ4n) is 5.20. The maximum atomic E-state index is 13.3. The fourth-order valence-corrected chi connectivity index (χ4v) is 5.20. The van der Waals surface area contributed by atoms with Crippen molar-refractivity contribution in [2.75, 3.05) is 5.32 Å². The lowest BCUT2D eigenvalue weighted by Gasteiger charge is -2.21. The van der Waals surface area contributed by atoms with E-state index in [0.29, 0.717) is 17.3 Å². The minimum Gasteiger partial charge on any atom is -0.390 e. The molecule has 4 aromatic rings. The summed E-state index contributed by atoms with van der Waals surface area (Å²) in [7, 11) is 0. The molecule has 35 heavy (non-hydrogen) atoms. The number of amides is 2. The second-order valence-electron chi connectivity index (χ2n) is 9.35. The van der Waals surface area contributed by atoms with Crippen LogP contribution in [0.3, 0.4) is 0 Å². The Kier molecular flexibility index (Phi) is 4.93. The number of aryl methyl sites for hydroxylation is 1. The summed E-state index contributed by atoms with van der Waals surface area (Å²) in [6, 6.07) is 16.8. The van der Waals surface area contributed by atoms with Crippen LogP contribution in [0.2, 0.25) is 0 Å². The van der Waals surface area contributed by atoms with E-state index < -0.39 is 18.2 Å². The number of benzene rings is 2. The van der Waals surface area contributed by atoms with Crippen molar-refractivity contribution >= 4 is 11.8 Å². The first-order valence-electron chi connectivity index (χ1n) is 11.8. The maximum Gasteiger partial charge on any atom is 0.320 e. The van der Waals surface area contributed by atoms with E-state index in [1.54, 1.807) is 17.1 Å². The van der Waals surface area contributed by atoms with E-state index in [1.807, 2.05) is 62.4 Å². The molecule has 2 aromatic heterocycles. The number of rotatable bonds is 4. The second kappa shape index (κ2) is 8.02. The SMILES string of the molecule is Cc1ncc(-c2nn(-c3ccccc3)c(NC(=O)NC3c4ccccc4C4(CC4)[C@@H]3O)c2C)cn1. The maximum absolute atomic E-state index is 13.3. The van der Waals surface area contributed by atoms with Crippen molar-refractivity contribution in [3.63, 3.8) is 0 Å². The third-order valence-electron chi connectivity index (χ3n) is 7.20. The summed E-state index contributed by atoms with van der Waals surface area (Å²) in [5.41, 5.74) is 4.96. The molecule has 2 heterocycles. The molecule has 0 radical (unpaired) electrons. The Morgan fingerprint density at radius 1 is 1.03 bits per heavy atom. The van der Waals surface area contributed by atoms with Gasteiger partial charge >= 0.3 is 6.03 Å². The van der Waals surface area contributed by atoms with E-state index >= 15 is 0 Å². The van der Waals surface area contributed by atoms with Crippen molar-refractivity contribution in [3.8, 4) is 16.9 Å². The van der Waals surface area contributed by atoms with Gasteiger partial charge in [-0.25, -0.2) is 19.4 Å². The molecule has 1 spiro atoms. The molecule has 6 rings (SSSR count). The first kappa shape index (κ1) is 21.5. The quantitative estimate of drug-likeness (QED) is 0.418. The van der Waals surface area contributed by atoms with Crippen molar-refractivity contribution in [3.05, 3.63) is 89.5 Å². The van der Waals surface area contributed by atoms with Crippen LogP contribution < -0.4 is 10.6 Å². The van der Waals surface area contributed by atoms with Gasteiger partial charge in [0.2, 0.25) is 0 Å². The lowest BCUT2D eigenvalue weighted by Crippen LogP contribution is -2.39. The van der Waals surface area contributed by atoms with E-state index in [-0.39, 0.29) is 5.41 Å². The fraction of sp³-hybridized carbons (Fsp3) is 0.259. The van der Waals surface area contributed by atoms with E-state index in [4.69, 9.17) is 5.10 Å². The normalized spacial score (nSPS) is 19.4. The van der Waals surface area contributed by atoms with Gasteiger partial charge in [-0.2, -0.15) is 5.10 Å². The average molecular weight is 467 g/mol. The molecule has 1 fully saturated rings. The van der Waals surface area contributed by atoms with Crippen molar-refractivity contribution in [1.82, 2.24) is 25.1 Å². The van der Waals surface area contributed by atoms with Gasteiger partial charge in [-0.3, -0.25) is 5.32 Å². The summed E-state index contributed by atoms with van der Waals surface area (Å²) in [5.74, 6) is 1.22. The van der Waals surface area contributed by atoms with Crippen LogP contribution in [0.25, 0.3) is 16.9 Å². The van der Waals surface area contributed by atoms with Gasteiger partial charge in [0.05, 0.1) is 17.8 Å². The molecule has 1 saturated carbocycles. The molecular weight excluding hydrogens is 440 g/mol. The molecular formula is C27H26N6O2. The predicted octanol–water partition coefficient (Wildman–Crippen LogP) is 4.22. The van der Waals surface area contributed by atoms with Gasteiger partial charge < -0.3 is 10.4 Å². The largest absolute Gasteiger partial charge is 0.390 e. The molecule has 2 aliphatic carbocycles. The Balaban J connectivity index is 1.33. The Labute approximate surface area is 203 Å². The van der Waals surface area contributed by atoms with Crippen LogP contribution in [0.5, 0.6) is 0 Å². The van der Waals surface area contributed by atoms with Gasteiger partial charge in [0.1, 0.15) is 17.3 Å². The van der Waals surface area contributed by atoms with Crippen molar-refractivity contribution in [1.29, 1.82) is 0 Å². The van der Waals surface area contributed by atoms with Gasteiger partial charge in [-0.05, 0) is 49.9 Å². The Morgan fingerprint density at radius 3 is 2.43 bits per heavy atom. The number of carbonyl (C=O) groups is 1. The van der Waals surface area contributed by atoms with Crippen LogP contribution in [0.15, 0.2) is 67.0 Å². The number of aliphatic hydroxyl groups is 1. The number of anilines is 1. The summed E-state index contributed by atoms with van der Waals surface area (Å²) in [5, 5.41) is 21.9. The van der Waals surface area contributed by atoms with Gasteiger partial charge in [-0.1, -0.05) is 42.5 Å². The number of aromatic nitrogens is 4. The highest BCUT2D eigenvalue weighted by Gasteiger charge is 2.59. The number of para-hydroxylation sites is 1. The summed E-state index contributed by atoms with van der Waals surface area (Å²) in [6.07, 6.45) is 4.70. The molecule has 2 aromatic carbocycles. The molecule has 2 aliphatic rings. The van der Waals surface area contributed by atoms with Crippen LogP contribution >= 0.6 is 0 Å². The number of aliphatic hydroxyl groups excluding tert-OH is 1. The zero-order valence-corrected chi connectivity index (χ0v) is 19.6. The highest BCUT2D eigenvalue weighted by atomic mass is 16.3. The summed E-state index contributed by atoms with van der Waals surface area (Å²) < 4.78 is 1.71. The molecule has 8 heteroatoms. The third-order valence-corrected chi connectivity index (χ3v) is 7.20. The molecule has 0 saturated heterocycles. The molecule has 2 amide bonds. The Bertz CT molecular complexity index is 1410. The lowest BCUT2D eigenvalue weighted by molar-refractivity contribution is 0.109. The molecule has 1 unspecified atom stereocenters. The zero-order chi connectivity index (χ0) is 24.2. The van der Waals surface area contributed by atoms with Crippen LogP contribution in [-0.4, -0.2) is 37.0 Å². The molecule has 0 aliphatic heterocycles. The number of hydrogen-bond acceptors (Lipinski definition) is 5. The van der Waals surface area contributed by atoms with Crippen LogP contribution in [0.1, 0.15) is 41.4 Å². The molecule has 3 N–H and O–H groups in total. The Hall–Kier alpha value is -4.04. The monoisotopic (exact) mass is 466 g/mol. The van der Waals surface area contributed by atoms with E-state index in [0.717, 1.165) is 40.8 Å². The van der Waals surface area contributed by atoms with E-state index in [2.05, 4.69) is 26.7 Å². The van der Waals surface area contributed by atoms with Crippen molar-refractivity contribution in [2.45, 2.75) is 44.2 Å². The van der Waals surface area contributed by atoms with Crippen molar-refractivity contribution in [2.24, 2.45) is 0 Å². The molecule has 2 atom stereocenters. The lowest BCUT2D eigenvalue weighted by atomic mass is 9.97. The average Bonchev–Trinajstić information content (AvgIpc) is 3.58. The minimum atomic E-state index is -0.647. The van der Waals surface area contributed by atoms with Crippen molar-refractivity contribution < 1.29 is 9.90 Å². The van der Waals surface area contributed by atoms with Crippen LogP contribution in [0.4, 0.5) is 10.6 Å². The molecule has 176 valence electrons. The number of urea groups is 1. The smallest absolute Gasteiger partial charge is 0.320 e. The molecule has 8 nitrogen and oxygen atoms in total. The first-order valence-corrected chi connectivity index (χ1v) is 11.8.